The number of benzene rings is 1. The molecule has 2 N–H and O–H groups in total. The molecule has 0 amide bonds. The lowest BCUT2D eigenvalue weighted by molar-refractivity contribution is -0.144. The van der Waals surface area contributed by atoms with E-state index in [1.807, 2.05) is 13.8 Å². The third-order valence-corrected chi connectivity index (χ3v) is 2.79. The maximum absolute atomic E-state index is 13.3. The average Bonchev–Trinajstić information content (AvgIpc) is 2.37. The number of carboxylic acids is 1. The molecule has 0 heterocycles. The van der Waals surface area contributed by atoms with E-state index in [0.717, 1.165) is 13.0 Å². The Balaban J connectivity index is 2.93. The van der Waals surface area contributed by atoms with Crippen LogP contribution in [-0.4, -0.2) is 23.7 Å². The van der Waals surface area contributed by atoms with Crippen molar-refractivity contribution in [3.63, 3.8) is 0 Å². The summed E-state index contributed by atoms with van der Waals surface area (Å²) in [6.07, 6.45) is -0.0101. The second-order valence-corrected chi connectivity index (χ2v) is 4.46. The first kappa shape index (κ1) is 15.4. The van der Waals surface area contributed by atoms with Gasteiger partial charge in [0.25, 0.3) is 0 Å². The van der Waals surface area contributed by atoms with Crippen LogP contribution in [0.4, 0.5) is 4.39 Å². The Morgan fingerprint density at radius 1 is 1.47 bits per heavy atom. The summed E-state index contributed by atoms with van der Waals surface area (Å²) in [6.45, 7) is 6.17. The largest absolute Gasteiger partial charge is 0.479 e. The maximum atomic E-state index is 13.3. The van der Waals surface area contributed by atoms with Crippen LogP contribution in [-0.2, 0) is 4.79 Å². The molecule has 1 aromatic rings. The fraction of sp³-hybridized carbons (Fsp3) is 0.500. The summed E-state index contributed by atoms with van der Waals surface area (Å²) in [5.74, 6) is -1.02. The lowest BCUT2D eigenvalue weighted by Gasteiger charge is -2.19. The van der Waals surface area contributed by atoms with Crippen molar-refractivity contribution >= 4 is 5.97 Å². The number of carbonyl (C=O) groups is 1. The van der Waals surface area contributed by atoms with Gasteiger partial charge in [0.15, 0.2) is 6.10 Å². The van der Waals surface area contributed by atoms with Crippen molar-refractivity contribution in [1.29, 1.82) is 0 Å². The number of aliphatic carboxylic acids is 1. The van der Waals surface area contributed by atoms with Crippen LogP contribution in [0.25, 0.3) is 0 Å². The molecule has 0 saturated heterocycles. The summed E-state index contributed by atoms with van der Waals surface area (Å²) < 4.78 is 18.7. The molecule has 0 fully saturated rings. The Morgan fingerprint density at radius 2 is 2.16 bits per heavy atom. The first-order chi connectivity index (χ1) is 8.95. The monoisotopic (exact) mass is 269 g/mol. The standard InChI is InChI=1S/C14H20FNO3/c1-4-7-16-9(2)12-8-11(15)5-6-13(12)19-10(3)14(17)18/h5-6,8-10,16H,4,7H2,1-3H3,(H,17,18). The van der Waals surface area contributed by atoms with Gasteiger partial charge >= 0.3 is 5.97 Å². The van der Waals surface area contributed by atoms with E-state index in [4.69, 9.17) is 9.84 Å². The molecule has 4 nitrogen and oxygen atoms in total. The van der Waals surface area contributed by atoms with Crippen LogP contribution in [0.3, 0.4) is 0 Å². The number of carboxylic acid groups (broad SMARTS) is 1. The third-order valence-electron chi connectivity index (χ3n) is 2.79. The molecule has 0 aliphatic rings. The van der Waals surface area contributed by atoms with Crippen LogP contribution in [0, 0.1) is 5.82 Å². The molecule has 2 atom stereocenters. The molecule has 0 bridgehead atoms. The molecule has 106 valence electrons. The number of nitrogens with one attached hydrogen (secondary N) is 1. The smallest absolute Gasteiger partial charge is 0.344 e. The number of hydrogen-bond donors (Lipinski definition) is 2. The fourth-order valence-electron chi connectivity index (χ4n) is 1.68. The zero-order valence-electron chi connectivity index (χ0n) is 11.4. The summed E-state index contributed by atoms with van der Waals surface area (Å²) in [4.78, 5) is 10.8. The number of halogens is 1. The Labute approximate surface area is 112 Å². The van der Waals surface area contributed by atoms with Crippen LogP contribution in [0.2, 0.25) is 0 Å². The summed E-state index contributed by atoms with van der Waals surface area (Å²) in [5, 5.41) is 12.1. The van der Waals surface area contributed by atoms with Gasteiger partial charge in [-0.2, -0.15) is 0 Å². The van der Waals surface area contributed by atoms with Gasteiger partial charge in [-0.15, -0.1) is 0 Å². The molecule has 1 rings (SSSR count). The molecule has 1 aromatic carbocycles. The van der Waals surface area contributed by atoms with E-state index >= 15 is 0 Å². The molecule has 19 heavy (non-hydrogen) atoms. The van der Waals surface area contributed by atoms with Gasteiger partial charge in [-0.25, -0.2) is 9.18 Å². The van der Waals surface area contributed by atoms with Crippen LogP contribution < -0.4 is 10.1 Å². The minimum absolute atomic E-state index is 0.105. The molecule has 0 spiro atoms. The fourth-order valence-corrected chi connectivity index (χ4v) is 1.68. The Morgan fingerprint density at radius 3 is 2.74 bits per heavy atom. The third kappa shape index (κ3) is 4.52. The van der Waals surface area contributed by atoms with Gasteiger partial charge in [-0.05, 0) is 45.0 Å². The highest BCUT2D eigenvalue weighted by molar-refractivity contribution is 5.72. The molecular formula is C14H20FNO3. The van der Waals surface area contributed by atoms with E-state index in [9.17, 15) is 9.18 Å². The van der Waals surface area contributed by atoms with Crippen LogP contribution in [0.1, 0.15) is 38.8 Å². The van der Waals surface area contributed by atoms with E-state index < -0.39 is 12.1 Å². The topological polar surface area (TPSA) is 58.6 Å². The van der Waals surface area contributed by atoms with Crippen LogP contribution in [0.5, 0.6) is 5.75 Å². The molecule has 5 heteroatoms. The predicted octanol–water partition coefficient (Wildman–Crippen LogP) is 2.74. The van der Waals surface area contributed by atoms with E-state index in [-0.39, 0.29) is 11.9 Å². The van der Waals surface area contributed by atoms with Gasteiger partial charge < -0.3 is 15.2 Å². The molecule has 0 saturated carbocycles. The van der Waals surface area contributed by atoms with Gasteiger partial charge in [0.05, 0.1) is 0 Å². The second-order valence-electron chi connectivity index (χ2n) is 4.46. The lowest BCUT2D eigenvalue weighted by Crippen LogP contribution is -2.25. The van der Waals surface area contributed by atoms with Crippen molar-refractivity contribution in [3.8, 4) is 5.75 Å². The minimum Gasteiger partial charge on any atom is -0.479 e. The molecular weight excluding hydrogens is 249 g/mol. The van der Waals surface area contributed by atoms with E-state index in [1.54, 1.807) is 0 Å². The highest BCUT2D eigenvalue weighted by Crippen LogP contribution is 2.27. The van der Waals surface area contributed by atoms with Crippen LogP contribution in [0.15, 0.2) is 18.2 Å². The van der Waals surface area contributed by atoms with E-state index in [2.05, 4.69) is 5.32 Å². The van der Waals surface area contributed by atoms with Gasteiger partial charge in [-0.1, -0.05) is 6.92 Å². The number of rotatable bonds is 7. The Kier molecular flexibility index (Phi) is 5.76. The minimum atomic E-state index is -1.05. The zero-order valence-corrected chi connectivity index (χ0v) is 11.4. The number of ether oxygens (including phenoxy) is 1. The highest BCUT2D eigenvalue weighted by Gasteiger charge is 2.18. The highest BCUT2D eigenvalue weighted by atomic mass is 19.1. The Hall–Kier alpha value is -1.62. The molecule has 2 unspecified atom stereocenters. The van der Waals surface area contributed by atoms with Crippen molar-refractivity contribution in [2.75, 3.05) is 6.54 Å². The molecule has 0 aromatic heterocycles. The van der Waals surface area contributed by atoms with Crippen LogP contribution >= 0.6 is 0 Å². The van der Waals surface area contributed by atoms with Crippen molar-refractivity contribution in [3.05, 3.63) is 29.6 Å². The van der Waals surface area contributed by atoms with Gasteiger partial charge in [0, 0.05) is 11.6 Å². The predicted molar refractivity (Wildman–Crippen MR) is 70.8 cm³/mol. The van der Waals surface area contributed by atoms with Crippen molar-refractivity contribution in [2.24, 2.45) is 0 Å². The molecule has 0 aliphatic heterocycles. The van der Waals surface area contributed by atoms with Gasteiger partial charge in [-0.3, -0.25) is 0 Å². The summed E-state index contributed by atoms with van der Waals surface area (Å²) in [5.41, 5.74) is 0.626. The van der Waals surface area contributed by atoms with Crippen molar-refractivity contribution in [1.82, 2.24) is 5.32 Å². The Bertz CT molecular complexity index is 437. The lowest BCUT2D eigenvalue weighted by atomic mass is 10.1. The quantitative estimate of drug-likeness (QED) is 0.799. The second kappa shape index (κ2) is 7.09. The summed E-state index contributed by atoms with van der Waals surface area (Å²) >= 11 is 0. The van der Waals surface area contributed by atoms with Gasteiger partial charge in [0.2, 0.25) is 0 Å². The van der Waals surface area contributed by atoms with Crippen molar-refractivity contribution < 1.29 is 19.0 Å². The van der Waals surface area contributed by atoms with Crippen molar-refractivity contribution in [2.45, 2.75) is 39.3 Å². The van der Waals surface area contributed by atoms with Gasteiger partial charge in [0.1, 0.15) is 11.6 Å². The van der Waals surface area contributed by atoms with E-state index in [1.165, 1.54) is 25.1 Å². The summed E-state index contributed by atoms with van der Waals surface area (Å²) in [6, 6.07) is 4.00. The normalized spacial score (nSPS) is 13.9. The molecule has 0 aliphatic carbocycles. The molecule has 0 radical (unpaired) electrons. The summed E-state index contributed by atoms with van der Waals surface area (Å²) in [7, 11) is 0. The first-order valence-electron chi connectivity index (χ1n) is 6.38. The maximum Gasteiger partial charge on any atom is 0.344 e. The first-order valence-corrected chi connectivity index (χ1v) is 6.38. The average molecular weight is 269 g/mol. The SMILES string of the molecule is CCCNC(C)c1cc(F)ccc1OC(C)C(=O)O. The van der Waals surface area contributed by atoms with E-state index in [0.29, 0.717) is 11.3 Å². The zero-order chi connectivity index (χ0) is 14.4. The number of hydrogen-bond acceptors (Lipinski definition) is 3.